The van der Waals surface area contributed by atoms with Crippen molar-refractivity contribution < 1.29 is 9.53 Å². The summed E-state index contributed by atoms with van der Waals surface area (Å²) in [5.41, 5.74) is -0.198. The van der Waals surface area contributed by atoms with Crippen molar-refractivity contribution >= 4 is 5.97 Å². The number of hydrogen-bond donors (Lipinski definition) is 0. The van der Waals surface area contributed by atoms with E-state index in [1.807, 2.05) is 13.8 Å². The fraction of sp³-hybridized carbons (Fsp3) is 0.889. The normalized spacial score (nSPS) is 32.7. The summed E-state index contributed by atoms with van der Waals surface area (Å²) < 4.78 is 5.07. The molecule has 2 heteroatoms. The van der Waals surface area contributed by atoms with Crippen LogP contribution in [0, 0.1) is 5.41 Å². The first kappa shape index (κ1) is 8.57. The molecule has 1 heterocycles. The highest BCUT2D eigenvalue weighted by molar-refractivity contribution is 5.76. The summed E-state index contributed by atoms with van der Waals surface area (Å²) in [5, 5.41) is 0. The number of hydrogen-bond acceptors (Lipinski definition) is 2. The predicted octanol–water partition coefficient (Wildman–Crippen LogP) is 2.13. The van der Waals surface area contributed by atoms with E-state index in [-0.39, 0.29) is 11.4 Å². The summed E-state index contributed by atoms with van der Waals surface area (Å²) in [7, 11) is 0. The van der Waals surface area contributed by atoms with Gasteiger partial charge in [0.1, 0.15) is 0 Å². The molecule has 1 fully saturated rings. The van der Waals surface area contributed by atoms with Crippen molar-refractivity contribution in [2.75, 3.05) is 6.61 Å². The molecule has 0 amide bonds. The molecule has 0 aliphatic carbocycles. The van der Waals surface area contributed by atoms with Gasteiger partial charge in [-0.05, 0) is 32.6 Å². The molecule has 11 heavy (non-hydrogen) atoms. The molecule has 0 bridgehead atoms. The third kappa shape index (κ3) is 1.73. The molecule has 0 saturated carbocycles. The van der Waals surface area contributed by atoms with Crippen LogP contribution in [0.25, 0.3) is 0 Å². The second-order valence-electron chi connectivity index (χ2n) is 3.51. The van der Waals surface area contributed by atoms with Gasteiger partial charge in [0, 0.05) is 0 Å². The first-order valence-corrected chi connectivity index (χ1v) is 4.36. The zero-order valence-corrected chi connectivity index (χ0v) is 7.35. The topological polar surface area (TPSA) is 26.3 Å². The third-order valence-corrected chi connectivity index (χ3v) is 2.63. The highest BCUT2D eigenvalue weighted by Crippen LogP contribution is 2.31. The Kier molecular flexibility index (Phi) is 2.53. The van der Waals surface area contributed by atoms with Crippen LogP contribution in [-0.2, 0) is 9.53 Å². The van der Waals surface area contributed by atoms with Gasteiger partial charge < -0.3 is 4.74 Å². The lowest BCUT2D eigenvalue weighted by atomic mass is 9.83. The highest BCUT2D eigenvalue weighted by Gasteiger charge is 2.33. The monoisotopic (exact) mass is 156 g/mol. The SMILES string of the molecule is CC[C@@]1(C)CCCCOC1=O. The van der Waals surface area contributed by atoms with Gasteiger partial charge in [0.25, 0.3) is 0 Å². The van der Waals surface area contributed by atoms with E-state index in [9.17, 15) is 4.79 Å². The third-order valence-electron chi connectivity index (χ3n) is 2.63. The first-order chi connectivity index (χ1) is 5.19. The van der Waals surface area contributed by atoms with Gasteiger partial charge in [-0.25, -0.2) is 0 Å². The van der Waals surface area contributed by atoms with Crippen LogP contribution in [0.15, 0.2) is 0 Å². The standard InChI is InChI=1S/C9H16O2/c1-3-9(2)6-4-5-7-11-8(9)10/h3-7H2,1-2H3/t9-/m0/s1. The minimum absolute atomic E-state index is 0.00231. The van der Waals surface area contributed by atoms with E-state index < -0.39 is 0 Å². The largest absolute Gasteiger partial charge is 0.465 e. The molecule has 0 N–H and O–H groups in total. The molecule has 1 aliphatic rings. The predicted molar refractivity (Wildman–Crippen MR) is 43.2 cm³/mol. The van der Waals surface area contributed by atoms with Gasteiger partial charge in [-0.3, -0.25) is 4.79 Å². The van der Waals surface area contributed by atoms with Gasteiger partial charge in [0.15, 0.2) is 0 Å². The fourth-order valence-corrected chi connectivity index (χ4v) is 1.38. The maximum Gasteiger partial charge on any atom is 0.311 e. The molecule has 1 rings (SSSR count). The van der Waals surface area contributed by atoms with E-state index in [1.54, 1.807) is 0 Å². The van der Waals surface area contributed by atoms with Gasteiger partial charge in [0.05, 0.1) is 12.0 Å². The molecule has 0 aromatic carbocycles. The molecule has 1 saturated heterocycles. The van der Waals surface area contributed by atoms with Crippen LogP contribution in [0.1, 0.15) is 39.5 Å². The molecule has 0 aromatic rings. The molecule has 64 valence electrons. The summed E-state index contributed by atoms with van der Waals surface area (Å²) in [5.74, 6) is -0.00231. The van der Waals surface area contributed by atoms with Crippen LogP contribution in [0.4, 0.5) is 0 Å². The number of carbonyl (C=O) groups is 1. The van der Waals surface area contributed by atoms with Crippen LogP contribution in [-0.4, -0.2) is 12.6 Å². The van der Waals surface area contributed by atoms with Gasteiger partial charge in [0.2, 0.25) is 0 Å². The summed E-state index contributed by atoms with van der Waals surface area (Å²) in [6.45, 7) is 4.67. The van der Waals surface area contributed by atoms with E-state index >= 15 is 0 Å². The number of cyclic esters (lactones) is 1. The van der Waals surface area contributed by atoms with Gasteiger partial charge >= 0.3 is 5.97 Å². The van der Waals surface area contributed by atoms with Crippen molar-refractivity contribution in [3.8, 4) is 0 Å². The summed E-state index contributed by atoms with van der Waals surface area (Å²) in [6, 6.07) is 0. The minimum Gasteiger partial charge on any atom is -0.465 e. The molecular weight excluding hydrogens is 140 g/mol. The molecular formula is C9H16O2. The average molecular weight is 156 g/mol. The zero-order chi connectivity index (χ0) is 8.32. The van der Waals surface area contributed by atoms with Crippen molar-refractivity contribution in [2.45, 2.75) is 39.5 Å². The number of ether oxygens (including phenoxy) is 1. The molecule has 0 radical (unpaired) electrons. The van der Waals surface area contributed by atoms with Crippen molar-refractivity contribution in [3.63, 3.8) is 0 Å². The number of rotatable bonds is 1. The van der Waals surface area contributed by atoms with E-state index in [4.69, 9.17) is 4.74 Å². The molecule has 0 spiro atoms. The summed E-state index contributed by atoms with van der Waals surface area (Å²) in [6.07, 6.45) is 4.03. The zero-order valence-electron chi connectivity index (χ0n) is 7.35. The Morgan fingerprint density at radius 2 is 2.27 bits per heavy atom. The smallest absolute Gasteiger partial charge is 0.311 e. The van der Waals surface area contributed by atoms with Gasteiger partial charge in [-0.2, -0.15) is 0 Å². The van der Waals surface area contributed by atoms with Crippen molar-refractivity contribution in [2.24, 2.45) is 5.41 Å². The first-order valence-electron chi connectivity index (χ1n) is 4.36. The van der Waals surface area contributed by atoms with Crippen LogP contribution in [0.5, 0.6) is 0 Å². The van der Waals surface area contributed by atoms with Crippen molar-refractivity contribution in [1.29, 1.82) is 0 Å². The Labute approximate surface area is 67.9 Å². The Hall–Kier alpha value is -0.530. The molecule has 1 aliphatic heterocycles. The maximum absolute atomic E-state index is 11.3. The van der Waals surface area contributed by atoms with E-state index in [0.29, 0.717) is 6.61 Å². The summed E-state index contributed by atoms with van der Waals surface area (Å²) in [4.78, 5) is 11.3. The molecule has 0 aromatic heterocycles. The lowest BCUT2D eigenvalue weighted by molar-refractivity contribution is -0.153. The Morgan fingerprint density at radius 1 is 1.55 bits per heavy atom. The number of carbonyl (C=O) groups excluding carboxylic acids is 1. The average Bonchev–Trinajstić information content (AvgIpc) is 2.16. The Balaban J connectivity index is 2.66. The maximum atomic E-state index is 11.3. The van der Waals surface area contributed by atoms with E-state index in [1.165, 1.54) is 0 Å². The van der Waals surface area contributed by atoms with Crippen molar-refractivity contribution in [3.05, 3.63) is 0 Å². The van der Waals surface area contributed by atoms with E-state index in [2.05, 4.69) is 0 Å². The van der Waals surface area contributed by atoms with Gasteiger partial charge in [-0.1, -0.05) is 6.92 Å². The lowest BCUT2D eigenvalue weighted by Gasteiger charge is -2.22. The quantitative estimate of drug-likeness (QED) is 0.544. The highest BCUT2D eigenvalue weighted by atomic mass is 16.5. The van der Waals surface area contributed by atoms with E-state index in [0.717, 1.165) is 25.7 Å². The Bertz CT molecular complexity index is 154. The Morgan fingerprint density at radius 3 is 2.91 bits per heavy atom. The van der Waals surface area contributed by atoms with Crippen molar-refractivity contribution in [1.82, 2.24) is 0 Å². The minimum atomic E-state index is -0.198. The lowest BCUT2D eigenvalue weighted by Crippen LogP contribution is -2.27. The van der Waals surface area contributed by atoms with Crippen LogP contribution < -0.4 is 0 Å². The second kappa shape index (κ2) is 3.24. The van der Waals surface area contributed by atoms with Crippen LogP contribution in [0.3, 0.4) is 0 Å². The van der Waals surface area contributed by atoms with Crippen LogP contribution in [0.2, 0.25) is 0 Å². The fourth-order valence-electron chi connectivity index (χ4n) is 1.38. The number of esters is 1. The molecule has 1 atom stereocenters. The summed E-state index contributed by atoms with van der Waals surface area (Å²) >= 11 is 0. The van der Waals surface area contributed by atoms with Crippen LogP contribution >= 0.6 is 0 Å². The molecule has 0 unspecified atom stereocenters. The van der Waals surface area contributed by atoms with Gasteiger partial charge in [-0.15, -0.1) is 0 Å². The second-order valence-corrected chi connectivity index (χ2v) is 3.51. The molecule has 2 nitrogen and oxygen atoms in total.